The molecule has 9 nitrogen and oxygen atoms in total. The van der Waals surface area contributed by atoms with Gasteiger partial charge >= 0.3 is 11.9 Å². The first kappa shape index (κ1) is 29.0. The molecule has 0 aliphatic carbocycles. The summed E-state index contributed by atoms with van der Waals surface area (Å²) in [6, 6.07) is 23.1. The normalized spacial score (nSPS) is 11.8. The van der Waals surface area contributed by atoms with Crippen LogP contribution in [-0.2, 0) is 25.7 Å². The molecule has 0 radical (unpaired) electrons. The second kappa shape index (κ2) is 12.4. The number of benzene rings is 3. The van der Waals surface area contributed by atoms with Gasteiger partial charge in [0.15, 0.2) is 0 Å². The van der Waals surface area contributed by atoms with E-state index in [2.05, 4.69) is 16.0 Å². The summed E-state index contributed by atoms with van der Waals surface area (Å²) in [5, 5.41) is 12.1. The van der Waals surface area contributed by atoms with Crippen LogP contribution in [0.25, 0.3) is 33.1 Å². The fourth-order valence-corrected chi connectivity index (χ4v) is 4.15. The maximum absolute atomic E-state index is 11.8. The van der Waals surface area contributed by atoms with Gasteiger partial charge < -0.3 is 30.1 Å². The zero-order valence-corrected chi connectivity index (χ0v) is 23.0. The number of hydrogen-bond donors (Lipinski definition) is 3. The van der Waals surface area contributed by atoms with Crippen molar-refractivity contribution in [3.8, 4) is 17.0 Å². The maximum atomic E-state index is 11.8. The number of carbonyl (C=O) groups excluding carboxylic acids is 3. The summed E-state index contributed by atoms with van der Waals surface area (Å²) in [6.07, 6.45) is 2.41. The van der Waals surface area contributed by atoms with Gasteiger partial charge in [-0.2, -0.15) is 0 Å². The number of nitrogens with two attached hydrogens (primary N) is 1. The summed E-state index contributed by atoms with van der Waals surface area (Å²) < 4.78 is 9.77. The molecule has 2 heterocycles. The number of rotatable bonds is 7. The van der Waals surface area contributed by atoms with Crippen LogP contribution in [0.15, 0.2) is 85.1 Å². The smallest absolute Gasteiger partial charge is 0.341 e. The van der Waals surface area contributed by atoms with Gasteiger partial charge in [0.25, 0.3) is 0 Å². The van der Waals surface area contributed by atoms with E-state index in [4.69, 9.17) is 15.2 Å². The van der Waals surface area contributed by atoms with Gasteiger partial charge in [0.2, 0.25) is 0 Å². The van der Waals surface area contributed by atoms with Crippen LogP contribution >= 0.6 is 0 Å². The van der Waals surface area contributed by atoms with Crippen molar-refractivity contribution in [2.24, 2.45) is 11.1 Å². The van der Waals surface area contributed by atoms with Crippen molar-refractivity contribution in [3.63, 3.8) is 0 Å². The van der Waals surface area contributed by atoms with Gasteiger partial charge in [-0.3, -0.25) is 9.78 Å². The molecule has 0 aliphatic rings. The van der Waals surface area contributed by atoms with E-state index in [1.54, 1.807) is 32.2 Å². The highest BCUT2D eigenvalue weighted by Crippen LogP contribution is 2.33. The minimum Gasteiger partial charge on any atom is -0.507 e. The second-order valence-corrected chi connectivity index (χ2v) is 9.99. The molecule has 0 saturated carbocycles. The number of phenols is 1. The fraction of sp³-hybridized carbons (Fsp3) is 0.188. The molecule has 5 rings (SSSR count). The van der Waals surface area contributed by atoms with Crippen molar-refractivity contribution in [3.05, 3.63) is 96.2 Å². The summed E-state index contributed by atoms with van der Waals surface area (Å²) >= 11 is 0. The van der Waals surface area contributed by atoms with Crippen LogP contribution in [0.4, 0.5) is 0 Å². The fourth-order valence-electron chi connectivity index (χ4n) is 4.15. The second-order valence-electron chi connectivity index (χ2n) is 9.99. The van der Waals surface area contributed by atoms with Gasteiger partial charge in [-0.05, 0) is 35.9 Å². The molecule has 1 unspecified atom stereocenters. The van der Waals surface area contributed by atoms with Gasteiger partial charge in [-0.1, -0.05) is 62.4 Å². The van der Waals surface area contributed by atoms with E-state index in [9.17, 15) is 19.5 Å². The Balaban J connectivity index is 0.000000202. The Morgan fingerprint density at radius 2 is 1.73 bits per heavy atom. The Kier molecular flexibility index (Phi) is 8.79. The predicted octanol–water partition coefficient (Wildman–Crippen LogP) is 5.16. The van der Waals surface area contributed by atoms with Crippen molar-refractivity contribution in [1.82, 2.24) is 9.97 Å². The highest BCUT2D eigenvalue weighted by molar-refractivity contribution is 6.11. The molecule has 0 bridgehead atoms. The number of esters is 2. The maximum Gasteiger partial charge on any atom is 0.341 e. The number of aromatic hydroxyl groups is 1. The summed E-state index contributed by atoms with van der Waals surface area (Å²) in [6.45, 7) is 3.38. The Labute approximate surface area is 236 Å². The third kappa shape index (κ3) is 6.42. The first-order chi connectivity index (χ1) is 19.7. The van der Waals surface area contributed by atoms with Crippen LogP contribution in [-0.4, -0.2) is 46.5 Å². The number of pyridine rings is 1. The van der Waals surface area contributed by atoms with E-state index in [1.165, 1.54) is 13.2 Å². The number of methoxy groups -OCH3 is 1. The zero-order valence-electron chi connectivity index (χ0n) is 23.0. The molecule has 0 saturated heterocycles. The van der Waals surface area contributed by atoms with Gasteiger partial charge in [-0.15, -0.1) is 0 Å². The van der Waals surface area contributed by atoms with Crippen molar-refractivity contribution < 1.29 is 29.0 Å². The molecule has 0 amide bonds. The summed E-state index contributed by atoms with van der Waals surface area (Å²) in [4.78, 5) is 42.0. The number of ether oxygens (including phenoxy) is 2. The van der Waals surface area contributed by atoms with Crippen molar-refractivity contribution in [1.29, 1.82) is 0 Å². The highest BCUT2D eigenvalue weighted by atomic mass is 16.5. The number of nitrogens with one attached hydrogen (secondary N) is 1. The van der Waals surface area contributed by atoms with Crippen LogP contribution in [0.3, 0.4) is 0 Å². The Morgan fingerprint density at radius 3 is 2.44 bits per heavy atom. The summed E-state index contributed by atoms with van der Waals surface area (Å²) in [5.74, 6) is -1.27. The first-order valence-electron chi connectivity index (χ1n) is 12.9. The molecule has 4 N–H and O–H groups in total. The predicted molar refractivity (Wildman–Crippen MR) is 156 cm³/mol. The van der Waals surface area contributed by atoms with Crippen LogP contribution in [0.5, 0.6) is 5.75 Å². The minimum absolute atomic E-state index is 0.116. The van der Waals surface area contributed by atoms with Gasteiger partial charge in [0.1, 0.15) is 30.2 Å². The van der Waals surface area contributed by atoms with E-state index >= 15 is 0 Å². The molecule has 1 atom stereocenters. The lowest BCUT2D eigenvalue weighted by Crippen LogP contribution is -2.45. The molecule has 3 aromatic carbocycles. The molecule has 0 fully saturated rings. The summed E-state index contributed by atoms with van der Waals surface area (Å²) in [7, 11) is 1.28. The highest BCUT2D eigenvalue weighted by Gasteiger charge is 2.33. The topological polar surface area (TPSA) is 145 Å². The lowest BCUT2D eigenvalue weighted by Gasteiger charge is -2.23. The van der Waals surface area contributed by atoms with E-state index in [0.29, 0.717) is 12.0 Å². The standard InChI is InChI=1S/C19H14N2O3.C13H17NO3/c1-24-19(23)14-10-11(6-7-16(14)22)17-18-13(8-9-20-17)12-4-2-3-5-15(12)21-18;1-13(2,9-15)11(14)12(16)17-8-10-6-4-3-5-7-10/h2-10,21-22H,1H3;3-7,9,11H,8,14H2,1-2H3. The van der Waals surface area contributed by atoms with Crippen LogP contribution in [0.2, 0.25) is 0 Å². The van der Waals surface area contributed by atoms with Crippen LogP contribution < -0.4 is 5.73 Å². The Hall–Kier alpha value is -5.02. The molecule has 0 aliphatic heterocycles. The van der Waals surface area contributed by atoms with E-state index < -0.39 is 23.4 Å². The number of carbonyl (C=O) groups is 3. The number of H-pyrrole nitrogens is 1. The third-order valence-corrected chi connectivity index (χ3v) is 6.69. The molecule has 5 aromatic rings. The number of aromatic nitrogens is 2. The molecular weight excluding hydrogens is 522 g/mol. The monoisotopic (exact) mass is 553 g/mol. The quantitative estimate of drug-likeness (QED) is 0.185. The van der Waals surface area contributed by atoms with Crippen LogP contribution in [0.1, 0.15) is 29.8 Å². The average molecular weight is 554 g/mol. The molecule has 210 valence electrons. The number of nitrogens with zero attached hydrogens (tertiary/aromatic N) is 1. The third-order valence-electron chi connectivity index (χ3n) is 6.69. The first-order valence-corrected chi connectivity index (χ1v) is 12.9. The van der Waals surface area contributed by atoms with Gasteiger partial charge in [0.05, 0.1) is 18.3 Å². The zero-order chi connectivity index (χ0) is 29.6. The average Bonchev–Trinajstić information content (AvgIpc) is 3.39. The lowest BCUT2D eigenvalue weighted by atomic mass is 9.87. The largest absolute Gasteiger partial charge is 0.507 e. The number of fused-ring (bicyclic) bond motifs is 3. The molecular formula is C32H31N3O6. The van der Waals surface area contributed by atoms with Gasteiger partial charge in [-0.25, -0.2) is 4.79 Å². The van der Waals surface area contributed by atoms with Crippen LogP contribution in [0, 0.1) is 5.41 Å². The minimum atomic E-state index is -0.941. The summed E-state index contributed by atoms with van der Waals surface area (Å²) in [5.41, 5.74) is 9.11. The van der Waals surface area contributed by atoms with Crippen molar-refractivity contribution >= 4 is 40.0 Å². The molecule has 41 heavy (non-hydrogen) atoms. The van der Waals surface area contributed by atoms with E-state index in [-0.39, 0.29) is 17.9 Å². The molecule has 0 spiro atoms. The van der Waals surface area contributed by atoms with Crippen molar-refractivity contribution in [2.45, 2.75) is 26.5 Å². The number of phenolic OH excluding ortho intramolecular Hbond substituents is 1. The van der Waals surface area contributed by atoms with Gasteiger partial charge in [0, 0.05) is 33.5 Å². The number of hydrogen-bond acceptors (Lipinski definition) is 8. The Bertz CT molecular complexity index is 1690. The van der Waals surface area contributed by atoms with E-state index in [1.807, 2.05) is 54.6 Å². The molecule has 2 aromatic heterocycles. The number of aldehydes is 1. The Morgan fingerprint density at radius 1 is 1.02 bits per heavy atom. The SMILES string of the molecule is CC(C)(C=O)C(N)C(=O)OCc1ccccc1.COC(=O)c1cc(-c2nccc3c2[nH]c2ccccc23)ccc1O. The molecule has 9 heteroatoms. The number of para-hydroxylation sites is 1. The lowest BCUT2D eigenvalue weighted by molar-refractivity contribution is -0.150. The van der Waals surface area contributed by atoms with E-state index in [0.717, 1.165) is 32.9 Å². The number of aromatic amines is 1. The van der Waals surface area contributed by atoms with Crippen molar-refractivity contribution in [2.75, 3.05) is 7.11 Å².